The molecule has 0 atom stereocenters. The van der Waals surface area contributed by atoms with E-state index in [0.717, 1.165) is 42.6 Å². The van der Waals surface area contributed by atoms with Gasteiger partial charge in [-0.2, -0.15) is 0 Å². The molecule has 1 aromatic carbocycles. The Labute approximate surface area is 126 Å². The van der Waals surface area contributed by atoms with Gasteiger partial charge in [0.25, 0.3) is 0 Å². The summed E-state index contributed by atoms with van der Waals surface area (Å²) in [5, 5.41) is 9.10. The molecule has 0 bridgehead atoms. The lowest BCUT2D eigenvalue weighted by molar-refractivity contribution is -0.0188. The third kappa shape index (κ3) is 3.31. The minimum Gasteiger partial charge on any atom is -0.497 e. The summed E-state index contributed by atoms with van der Waals surface area (Å²) in [6, 6.07) is 5.98. The average molecular weight is 292 g/mol. The largest absolute Gasteiger partial charge is 0.506 e. The Morgan fingerprint density at radius 1 is 1.19 bits per heavy atom. The number of carboxylic acid groups (broad SMARTS) is 1. The number of hydrogen-bond acceptors (Lipinski definition) is 3. The Morgan fingerprint density at radius 2 is 1.81 bits per heavy atom. The molecule has 2 rings (SSSR count). The Morgan fingerprint density at radius 3 is 2.29 bits per heavy atom. The van der Waals surface area contributed by atoms with Gasteiger partial charge >= 0.3 is 6.16 Å². The molecule has 1 saturated carbocycles. The van der Waals surface area contributed by atoms with Crippen LogP contribution in [0.1, 0.15) is 57.6 Å². The molecule has 0 radical (unpaired) electrons. The van der Waals surface area contributed by atoms with Crippen LogP contribution in [0, 0.1) is 0 Å². The molecule has 4 heteroatoms. The van der Waals surface area contributed by atoms with Crippen LogP contribution in [0.25, 0.3) is 0 Å². The van der Waals surface area contributed by atoms with E-state index >= 15 is 0 Å². The van der Waals surface area contributed by atoms with Gasteiger partial charge in [0.1, 0.15) is 11.4 Å². The van der Waals surface area contributed by atoms with Crippen molar-refractivity contribution in [3.63, 3.8) is 0 Å². The zero-order chi connectivity index (χ0) is 15.7. The Bertz CT molecular complexity index is 522. The summed E-state index contributed by atoms with van der Waals surface area (Å²) in [5.74, 6) is 0.748. The Hall–Kier alpha value is -1.71. The SMILES string of the molecule is COc1cc(C(C)(C)C)cc(C2(OC(=O)O)CCCC2)c1. The number of rotatable bonds is 3. The maximum absolute atomic E-state index is 11.1. The van der Waals surface area contributed by atoms with Gasteiger partial charge in [0, 0.05) is 0 Å². The van der Waals surface area contributed by atoms with Crippen LogP contribution in [-0.4, -0.2) is 18.4 Å². The van der Waals surface area contributed by atoms with Gasteiger partial charge in [-0.1, -0.05) is 26.8 Å². The van der Waals surface area contributed by atoms with Crippen molar-refractivity contribution < 1.29 is 19.4 Å². The van der Waals surface area contributed by atoms with Gasteiger partial charge in [-0.25, -0.2) is 4.79 Å². The van der Waals surface area contributed by atoms with Crippen LogP contribution in [0.15, 0.2) is 18.2 Å². The molecule has 0 saturated heterocycles. The molecule has 0 amide bonds. The summed E-state index contributed by atoms with van der Waals surface area (Å²) < 4.78 is 10.7. The molecule has 1 aliphatic rings. The van der Waals surface area contributed by atoms with Gasteiger partial charge < -0.3 is 14.6 Å². The molecule has 0 heterocycles. The molecule has 0 aromatic heterocycles. The summed E-state index contributed by atoms with van der Waals surface area (Å²) in [4.78, 5) is 11.1. The van der Waals surface area contributed by atoms with Crippen molar-refractivity contribution in [1.29, 1.82) is 0 Å². The Kier molecular flexibility index (Phi) is 4.17. The van der Waals surface area contributed by atoms with Crippen LogP contribution in [0.2, 0.25) is 0 Å². The minimum atomic E-state index is -1.21. The van der Waals surface area contributed by atoms with Gasteiger partial charge in [-0.05, 0) is 54.4 Å². The second kappa shape index (κ2) is 5.58. The zero-order valence-corrected chi connectivity index (χ0v) is 13.2. The predicted octanol–water partition coefficient (Wildman–Crippen LogP) is 4.46. The second-order valence-corrected chi connectivity index (χ2v) is 6.77. The van der Waals surface area contributed by atoms with E-state index in [1.54, 1.807) is 7.11 Å². The van der Waals surface area contributed by atoms with Crippen molar-refractivity contribution >= 4 is 6.16 Å². The molecule has 21 heavy (non-hydrogen) atoms. The highest BCUT2D eigenvalue weighted by molar-refractivity contribution is 5.58. The fourth-order valence-corrected chi connectivity index (χ4v) is 2.98. The molecular formula is C17H24O4. The number of carbonyl (C=O) groups is 1. The number of ether oxygens (including phenoxy) is 2. The van der Waals surface area contributed by atoms with E-state index in [9.17, 15) is 4.79 Å². The molecule has 0 spiro atoms. The smallest absolute Gasteiger partial charge is 0.497 e. The highest BCUT2D eigenvalue weighted by Gasteiger charge is 2.40. The molecule has 1 aromatic rings. The maximum atomic E-state index is 11.1. The van der Waals surface area contributed by atoms with E-state index in [2.05, 4.69) is 26.8 Å². The summed E-state index contributed by atoms with van der Waals surface area (Å²) in [6.07, 6.45) is 2.22. The van der Waals surface area contributed by atoms with Crippen molar-refractivity contribution in [1.82, 2.24) is 0 Å². The first-order valence-electron chi connectivity index (χ1n) is 7.39. The second-order valence-electron chi connectivity index (χ2n) is 6.77. The van der Waals surface area contributed by atoms with E-state index in [-0.39, 0.29) is 5.41 Å². The normalized spacial score (nSPS) is 17.5. The molecule has 0 unspecified atom stereocenters. The molecule has 0 aliphatic heterocycles. The van der Waals surface area contributed by atoms with E-state index in [4.69, 9.17) is 14.6 Å². The molecular weight excluding hydrogens is 268 g/mol. The molecule has 1 aliphatic carbocycles. The molecule has 116 valence electrons. The summed E-state index contributed by atoms with van der Waals surface area (Å²) >= 11 is 0. The van der Waals surface area contributed by atoms with Gasteiger partial charge in [-0.3, -0.25) is 0 Å². The van der Waals surface area contributed by atoms with E-state index in [1.165, 1.54) is 0 Å². The van der Waals surface area contributed by atoms with Crippen molar-refractivity contribution in [3.8, 4) is 5.75 Å². The van der Waals surface area contributed by atoms with E-state index in [0.29, 0.717) is 0 Å². The predicted molar refractivity (Wildman–Crippen MR) is 80.9 cm³/mol. The van der Waals surface area contributed by atoms with Crippen molar-refractivity contribution in [2.45, 2.75) is 57.5 Å². The summed E-state index contributed by atoms with van der Waals surface area (Å²) in [6.45, 7) is 6.39. The lowest BCUT2D eigenvalue weighted by atomic mass is 9.82. The zero-order valence-electron chi connectivity index (χ0n) is 13.2. The van der Waals surface area contributed by atoms with Crippen LogP contribution in [0.4, 0.5) is 4.79 Å². The number of methoxy groups -OCH3 is 1. The molecule has 4 nitrogen and oxygen atoms in total. The first kappa shape index (κ1) is 15.7. The topological polar surface area (TPSA) is 55.8 Å². The first-order valence-corrected chi connectivity index (χ1v) is 7.39. The Balaban J connectivity index is 2.52. The quantitative estimate of drug-likeness (QED) is 0.836. The lowest BCUT2D eigenvalue weighted by Gasteiger charge is -2.30. The standard InChI is InChI=1S/C17H24O4/c1-16(2,3)12-9-13(11-14(10-12)20-4)17(21-15(18)19)7-5-6-8-17/h9-11H,5-8H2,1-4H3,(H,18,19). The van der Waals surface area contributed by atoms with Crippen LogP contribution in [0.3, 0.4) is 0 Å². The van der Waals surface area contributed by atoms with Crippen LogP contribution in [0.5, 0.6) is 5.75 Å². The summed E-state index contributed by atoms with van der Waals surface area (Å²) in [5.41, 5.74) is 1.27. The van der Waals surface area contributed by atoms with Crippen molar-refractivity contribution in [2.24, 2.45) is 0 Å². The molecule has 1 fully saturated rings. The number of benzene rings is 1. The van der Waals surface area contributed by atoms with Gasteiger partial charge in [0.05, 0.1) is 7.11 Å². The monoisotopic (exact) mass is 292 g/mol. The van der Waals surface area contributed by atoms with E-state index in [1.807, 2.05) is 12.1 Å². The number of hydrogen-bond donors (Lipinski definition) is 1. The minimum absolute atomic E-state index is 0.0354. The first-order chi connectivity index (χ1) is 9.77. The average Bonchev–Trinajstić information content (AvgIpc) is 2.86. The van der Waals surface area contributed by atoms with Gasteiger partial charge in [0.15, 0.2) is 0 Å². The van der Waals surface area contributed by atoms with Crippen LogP contribution >= 0.6 is 0 Å². The highest BCUT2D eigenvalue weighted by Crippen LogP contribution is 2.44. The van der Waals surface area contributed by atoms with Crippen molar-refractivity contribution in [2.75, 3.05) is 7.11 Å². The maximum Gasteiger partial charge on any atom is 0.506 e. The van der Waals surface area contributed by atoms with Gasteiger partial charge in [-0.15, -0.1) is 0 Å². The van der Waals surface area contributed by atoms with Crippen LogP contribution < -0.4 is 4.74 Å². The van der Waals surface area contributed by atoms with Gasteiger partial charge in [0.2, 0.25) is 0 Å². The highest BCUT2D eigenvalue weighted by atomic mass is 16.7. The van der Waals surface area contributed by atoms with E-state index < -0.39 is 11.8 Å². The lowest BCUT2D eigenvalue weighted by Crippen LogP contribution is -2.29. The summed E-state index contributed by atoms with van der Waals surface area (Å²) in [7, 11) is 1.63. The third-order valence-corrected chi connectivity index (χ3v) is 4.23. The van der Waals surface area contributed by atoms with Crippen LogP contribution in [-0.2, 0) is 15.8 Å². The molecule has 1 N–H and O–H groups in total. The van der Waals surface area contributed by atoms with Crippen molar-refractivity contribution in [3.05, 3.63) is 29.3 Å². The fourth-order valence-electron chi connectivity index (χ4n) is 2.98. The fraction of sp³-hybridized carbons (Fsp3) is 0.588. The third-order valence-electron chi connectivity index (χ3n) is 4.23.